The molecule has 1 saturated heterocycles. The van der Waals surface area contributed by atoms with Gasteiger partial charge in [0.1, 0.15) is 11.2 Å². The lowest BCUT2D eigenvalue weighted by Gasteiger charge is -2.31. The number of nitrogens with zero attached hydrogens (tertiary/aromatic N) is 5. The van der Waals surface area contributed by atoms with E-state index in [4.69, 9.17) is 0 Å². The third-order valence-electron chi connectivity index (χ3n) is 4.31. The number of aromatic nitrogens is 4. The van der Waals surface area contributed by atoms with Gasteiger partial charge in [-0.2, -0.15) is 4.68 Å². The van der Waals surface area contributed by atoms with Crippen LogP contribution in [0.3, 0.4) is 0 Å². The van der Waals surface area contributed by atoms with Crippen molar-refractivity contribution in [2.75, 3.05) is 26.2 Å². The number of rotatable bonds is 7. The first-order chi connectivity index (χ1) is 12.7. The zero-order chi connectivity index (χ0) is 18.4. The molecule has 0 radical (unpaired) electrons. The Hall–Kier alpha value is -2.33. The van der Waals surface area contributed by atoms with Gasteiger partial charge in [-0.15, -0.1) is 16.4 Å². The van der Waals surface area contributed by atoms with Crippen LogP contribution >= 0.6 is 11.3 Å². The molecule has 1 aliphatic rings. The third-order valence-corrected chi connectivity index (χ3v) is 5.21. The molecule has 0 aromatic carbocycles. The Balaban J connectivity index is 1.49. The van der Waals surface area contributed by atoms with Crippen molar-refractivity contribution in [2.24, 2.45) is 0 Å². The number of hydrogen-bond acceptors (Lipinski definition) is 7. The van der Waals surface area contributed by atoms with E-state index in [1.807, 2.05) is 18.4 Å². The molecule has 0 atom stereocenters. The van der Waals surface area contributed by atoms with Gasteiger partial charge in [0.2, 0.25) is 5.91 Å². The maximum absolute atomic E-state index is 12.6. The molecule has 2 N–H and O–H groups in total. The van der Waals surface area contributed by atoms with Crippen LogP contribution in [0.2, 0.25) is 0 Å². The van der Waals surface area contributed by atoms with E-state index in [-0.39, 0.29) is 17.9 Å². The summed E-state index contributed by atoms with van der Waals surface area (Å²) in [6.45, 7) is 4.78. The summed E-state index contributed by atoms with van der Waals surface area (Å²) in [5.74, 6) is -0.0383. The average molecular weight is 377 g/mol. The molecule has 0 unspecified atom stereocenters. The predicted octanol–water partition coefficient (Wildman–Crippen LogP) is 0.444. The van der Waals surface area contributed by atoms with Crippen LogP contribution in [0.4, 0.5) is 0 Å². The average Bonchev–Trinajstić information content (AvgIpc) is 3.32. The Morgan fingerprint density at radius 2 is 2.15 bits per heavy atom. The van der Waals surface area contributed by atoms with E-state index in [2.05, 4.69) is 31.1 Å². The standard InChI is InChI=1S/C16H23N7O2S/c1-2-6-17-14(24)10-22-7-3-12(4-8-22)19-16(25)15-13(5-9-26-15)23-11-18-20-21-23/h5,9,11-12H,2-4,6-8,10H2,1H3,(H,17,24)(H,19,25). The normalized spacial score (nSPS) is 15.7. The van der Waals surface area contributed by atoms with Gasteiger partial charge in [0.25, 0.3) is 5.91 Å². The molecule has 3 rings (SSSR count). The minimum Gasteiger partial charge on any atom is -0.355 e. The molecule has 2 aromatic heterocycles. The van der Waals surface area contributed by atoms with Crippen LogP contribution in [0, 0.1) is 0 Å². The molecule has 0 aliphatic carbocycles. The molecule has 140 valence electrons. The van der Waals surface area contributed by atoms with Gasteiger partial charge in [0, 0.05) is 25.7 Å². The first-order valence-corrected chi connectivity index (χ1v) is 9.66. The summed E-state index contributed by atoms with van der Waals surface area (Å²) in [6.07, 6.45) is 4.08. The number of carbonyl (C=O) groups excluding carboxylic acids is 2. The molecule has 0 bridgehead atoms. The highest BCUT2D eigenvalue weighted by Crippen LogP contribution is 2.21. The lowest BCUT2D eigenvalue weighted by Crippen LogP contribution is -2.47. The van der Waals surface area contributed by atoms with Crippen molar-refractivity contribution in [1.29, 1.82) is 0 Å². The molecule has 3 heterocycles. The van der Waals surface area contributed by atoms with Gasteiger partial charge in [0.15, 0.2) is 0 Å². The van der Waals surface area contributed by atoms with Crippen molar-refractivity contribution in [2.45, 2.75) is 32.2 Å². The zero-order valence-electron chi connectivity index (χ0n) is 14.7. The van der Waals surface area contributed by atoms with Gasteiger partial charge in [-0.3, -0.25) is 14.5 Å². The lowest BCUT2D eigenvalue weighted by molar-refractivity contribution is -0.122. The second kappa shape index (κ2) is 8.86. The second-order valence-electron chi connectivity index (χ2n) is 6.26. The fourth-order valence-electron chi connectivity index (χ4n) is 2.93. The maximum atomic E-state index is 12.6. The van der Waals surface area contributed by atoms with Gasteiger partial charge in [-0.05, 0) is 41.1 Å². The highest BCUT2D eigenvalue weighted by molar-refractivity contribution is 7.12. The Morgan fingerprint density at radius 3 is 2.85 bits per heavy atom. The van der Waals surface area contributed by atoms with E-state index in [0.29, 0.717) is 17.1 Å². The van der Waals surface area contributed by atoms with Crippen LogP contribution in [0.25, 0.3) is 5.69 Å². The van der Waals surface area contributed by atoms with E-state index >= 15 is 0 Å². The molecular weight excluding hydrogens is 354 g/mol. The Kier molecular flexibility index (Phi) is 6.29. The van der Waals surface area contributed by atoms with Crippen LogP contribution in [0.15, 0.2) is 17.8 Å². The quantitative estimate of drug-likeness (QED) is 0.726. The molecule has 10 heteroatoms. The minimum atomic E-state index is -0.107. The fraction of sp³-hybridized carbons (Fsp3) is 0.562. The second-order valence-corrected chi connectivity index (χ2v) is 7.18. The predicted molar refractivity (Wildman–Crippen MR) is 97.3 cm³/mol. The summed E-state index contributed by atoms with van der Waals surface area (Å²) < 4.78 is 1.49. The number of thiophene rings is 1. The summed E-state index contributed by atoms with van der Waals surface area (Å²) >= 11 is 1.37. The number of nitrogens with one attached hydrogen (secondary N) is 2. The van der Waals surface area contributed by atoms with Gasteiger partial charge in [0.05, 0.1) is 12.2 Å². The Bertz CT molecular complexity index is 723. The van der Waals surface area contributed by atoms with E-state index in [0.717, 1.165) is 38.9 Å². The molecule has 0 saturated carbocycles. The monoisotopic (exact) mass is 377 g/mol. The van der Waals surface area contributed by atoms with Crippen LogP contribution < -0.4 is 10.6 Å². The van der Waals surface area contributed by atoms with Crippen molar-refractivity contribution >= 4 is 23.2 Å². The molecule has 2 amide bonds. The summed E-state index contributed by atoms with van der Waals surface area (Å²) in [5, 5.41) is 18.9. The van der Waals surface area contributed by atoms with Crippen LogP contribution in [0.5, 0.6) is 0 Å². The van der Waals surface area contributed by atoms with E-state index < -0.39 is 0 Å². The highest BCUT2D eigenvalue weighted by atomic mass is 32.1. The number of hydrogen-bond donors (Lipinski definition) is 2. The molecule has 2 aromatic rings. The van der Waals surface area contributed by atoms with E-state index in [9.17, 15) is 9.59 Å². The van der Waals surface area contributed by atoms with Gasteiger partial charge >= 0.3 is 0 Å². The lowest BCUT2D eigenvalue weighted by atomic mass is 10.0. The molecule has 26 heavy (non-hydrogen) atoms. The Morgan fingerprint density at radius 1 is 1.35 bits per heavy atom. The van der Waals surface area contributed by atoms with Gasteiger partial charge in [-0.1, -0.05) is 6.92 Å². The summed E-state index contributed by atoms with van der Waals surface area (Å²) in [4.78, 5) is 27.1. The number of carbonyl (C=O) groups is 2. The summed E-state index contributed by atoms with van der Waals surface area (Å²) in [6, 6.07) is 1.94. The Labute approximate surface area is 155 Å². The zero-order valence-corrected chi connectivity index (χ0v) is 15.5. The molecular formula is C16H23N7O2S. The molecule has 1 fully saturated rings. The van der Waals surface area contributed by atoms with Crippen LogP contribution in [0.1, 0.15) is 35.9 Å². The van der Waals surface area contributed by atoms with E-state index in [1.165, 1.54) is 22.3 Å². The number of likely N-dealkylation sites (tertiary alicyclic amines) is 1. The third kappa shape index (κ3) is 4.64. The fourth-order valence-corrected chi connectivity index (χ4v) is 3.72. The molecule has 0 spiro atoms. The van der Waals surface area contributed by atoms with Crippen molar-refractivity contribution in [3.63, 3.8) is 0 Å². The smallest absolute Gasteiger partial charge is 0.263 e. The van der Waals surface area contributed by atoms with Crippen LogP contribution in [-0.2, 0) is 4.79 Å². The first kappa shape index (κ1) is 18.5. The van der Waals surface area contributed by atoms with E-state index in [1.54, 1.807) is 0 Å². The first-order valence-electron chi connectivity index (χ1n) is 8.78. The number of amides is 2. The summed E-state index contributed by atoms with van der Waals surface area (Å²) in [7, 11) is 0. The molecule has 9 nitrogen and oxygen atoms in total. The van der Waals surface area contributed by atoms with Crippen LogP contribution in [-0.4, -0.2) is 69.1 Å². The highest BCUT2D eigenvalue weighted by Gasteiger charge is 2.24. The minimum absolute atomic E-state index is 0.0685. The molecule has 1 aliphatic heterocycles. The number of tetrazole rings is 1. The summed E-state index contributed by atoms with van der Waals surface area (Å²) in [5.41, 5.74) is 0.683. The van der Waals surface area contributed by atoms with Crippen molar-refractivity contribution in [3.05, 3.63) is 22.7 Å². The van der Waals surface area contributed by atoms with Crippen molar-refractivity contribution < 1.29 is 9.59 Å². The largest absolute Gasteiger partial charge is 0.355 e. The van der Waals surface area contributed by atoms with Gasteiger partial charge in [-0.25, -0.2) is 0 Å². The number of piperidine rings is 1. The van der Waals surface area contributed by atoms with Crippen molar-refractivity contribution in [1.82, 2.24) is 35.7 Å². The van der Waals surface area contributed by atoms with Crippen molar-refractivity contribution in [3.8, 4) is 5.69 Å². The SMILES string of the molecule is CCCNC(=O)CN1CCC(NC(=O)c2sccc2-n2cnnn2)CC1. The van der Waals surface area contributed by atoms with Gasteiger partial charge < -0.3 is 10.6 Å². The topological polar surface area (TPSA) is 105 Å². The maximum Gasteiger partial charge on any atom is 0.263 e.